The minimum atomic E-state index is -1.25. The lowest BCUT2D eigenvalue weighted by molar-refractivity contribution is -0.173. The van der Waals surface area contributed by atoms with E-state index in [-0.39, 0.29) is 30.9 Å². The second-order valence-corrected chi connectivity index (χ2v) is 9.33. The summed E-state index contributed by atoms with van der Waals surface area (Å²) in [5.74, 6) is -2.19. The first-order valence-corrected chi connectivity index (χ1v) is 12.3. The zero-order valence-electron chi connectivity index (χ0n) is 23.8. The van der Waals surface area contributed by atoms with E-state index < -0.39 is 42.2 Å². The molecule has 0 aliphatic rings. The smallest absolute Gasteiger partial charge is 0.352 e. The van der Waals surface area contributed by atoms with Crippen molar-refractivity contribution in [1.29, 1.82) is 0 Å². The molecule has 1 amide bonds. The number of aryl methyl sites for hydroxylation is 1. The maximum Gasteiger partial charge on any atom is 0.352 e. The third kappa shape index (κ3) is 9.68. The van der Waals surface area contributed by atoms with Crippen LogP contribution in [0, 0.1) is 20.8 Å². The van der Waals surface area contributed by atoms with Crippen LogP contribution in [0.5, 0.6) is 11.5 Å². The first-order chi connectivity index (χ1) is 17.5. The zero-order chi connectivity index (χ0) is 29.3. The molecule has 0 radical (unpaired) electrons. The van der Waals surface area contributed by atoms with Crippen molar-refractivity contribution in [2.75, 3.05) is 13.2 Å². The minimum absolute atomic E-state index is 0.00242. The fraction of sp³-hybridized carbons (Fsp3) is 0.593. The molecule has 0 saturated heterocycles. The van der Waals surface area contributed by atoms with Crippen molar-refractivity contribution in [3.63, 3.8) is 0 Å². The highest BCUT2D eigenvalue weighted by atomic mass is 16.6. The van der Waals surface area contributed by atoms with Gasteiger partial charge in [-0.05, 0) is 71.2 Å². The highest BCUT2D eigenvalue weighted by Crippen LogP contribution is 2.33. The molecule has 3 atom stereocenters. The fourth-order valence-corrected chi connectivity index (χ4v) is 3.59. The number of amides is 1. The predicted molar refractivity (Wildman–Crippen MR) is 137 cm³/mol. The maximum atomic E-state index is 12.6. The molecule has 0 bridgehead atoms. The number of hydrogen-bond donors (Lipinski definition) is 0. The second-order valence-electron chi connectivity index (χ2n) is 9.33. The van der Waals surface area contributed by atoms with E-state index in [9.17, 15) is 24.0 Å². The van der Waals surface area contributed by atoms with Gasteiger partial charge in [-0.1, -0.05) is 0 Å². The molecule has 1 aromatic rings. The van der Waals surface area contributed by atoms with Gasteiger partial charge >= 0.3 is 23.9 Å². The van der Waals surface area contributed by atoms with Crippen LogP contribution in [0.1, 0.15) is 65.2 Å². The molecule has 0 aliphatic heterocycles. The predicted octanol–water partition coefficient (Wildman–Crippen LogP) is 2.97. The Morgan fingerprint density at radius 2 is 1.34 bits per heavy atom. The first kappa shape index (κ1) is 32.4. The molecular weight excluding hydrogens is 498 g/mol. The number of nitrogens with zero attached hydrogens (tertiary/aromatic N) is 1. The van der Waals surface area contributed by atoms with Crippen LogP contribution in [0.25, 0.3) is 0 Å². The number of ether oxygens (including phenoxy) is 5. The van der Waals surface area contributed by atoms with Crippen LogP contribution in [-0.2, 0) is 38.2 Å². The molecule has 38 heavy (non-hydrogen) atoms. The third-order valence-electron chi connectivity index (χ3n) is 5.67. The van der Waals surface area contributed by atoms with Gasteiger partial charge in [0.2, 0.25) is 5.91 Å². The summed E-state index contributed by atoms with van der Waals surface area (Å²) in [6, 6.07) is 1.60. The monoisotopic (exact) mass is 537 g/mol. The number of rotatable bonds is 12. The average molecular weight is 538 g/mol. The molecule has 0 heterocycles. The van der Waals surface area contributed by atoms with Gasteiger partial charge < -0.3 is 28.6 Å². The van der Waals surface area contributed by atoms with Crippen LogP contribution in [0.2, 0.25) is 0 Å². The van der Waals surface area contributed by atoms with Crippen molar-refractivity contribution in [2.24, 2.45) is 0 Å². The number of hydrogen-bond acceptors (Lipinski definition) is 10. The van der Waals surface area contributed by atoms with Crippen molar-refractivity contribution in [1.82, 2.24) is 4.90 Å². The molecule has 0 spiro atoms. The highest BCUT2D eigenvalue weighted by Gasteiger charge is 2.27. The van der Waals surface area contributed by atoms with Crippen molar-refractivity contribution >= 4 is 29.8 Å². The number of benzene rings is 1. The van der Waals surface area contributed by atoms with E-state index in [4.69, 9.17) is 23.7 Å². The molecule has 1 aromatic carbocycles. The van der Waals surface area contributed by atoms with Crippen molar-refractivity contribution in [2.45, 2.75) is 93.6 Å². The third-order valence-corrected chi connectivity index (χ3v) is 5.67. The van der Waals surface area contributed by atoms with E-state index in [2.05, 4.69) is 0 Å². The van der Waals surface area contributed by atoms with Crippen LogP contribution in [0.3, 0.4) is 0 Å². The molecule has 0 aliphatic carbocycles. The highest BCUT2D eigenvalue weighted by molar-refractivity contribution is 5.83. The van der Waals surface area contributed by atoms with Crippen LogP contribution < -0.4 is 9.47 Å². The Bertz CT molecular complexity index is 1050. The molecule has 11 heteroatoms. The fourth-order valence-electron chi connectivity index (χ4n) is 3.59. The molecule has 3 unspecified atom stereocenters. The van der Waals surface area contributed by atoms with Gasteiger partial charge in [0.05, 0.1) is 6.54 Å². The summed E-state index contributed by atoms with van der Waals surface area (Å²) in [5, 5.41) is 0. The quantitative estimate of drug-likeness (QED) is 0.222. The van der Waals surface area contributed by atoms with Crippen molar-refractivity contribution in [3.8, 4) is 11.5 Å². The van der Waals surface area contributed by atoms with Crippen LogP contribution >= 0.6 is 0 Å². The summed E-state index contributed by atoms with van der Waals surface area (Å²) in [4.78, 5) is 60.9. The lowest BCUT2D eigenvalue weighted by Crippen LogP contribution is -2.44. The van der Waals surface area contributed by atoms with Gasteiger partial charge in [0.15, 0.2) is 18.3 Å². The van der Waals surface area contributed by atoms with Gasteiger partial charge in [0.1, 0.15) is 18.1 Å². The molecule has 0 aromatic heterocycles. The summed E-state index contributed by atoms with van der Waals surface area (Å²) in [5.41, 5.74) is 1.89. The average Bonchev–Trinajstić information content (AvgIpc) is 2.79. The van der Waals surface area contributed by atoms with E-state index in [1.165, 1.54) is 27.7 Å². The number of carbonyl (C=O) groups excluding carboxylic acids is 5. The van der Waals surface area contributed by atoms with Gasteiger partial charge in [-0.3, -0.25) is 14.4 Å². The van der Waals surface area contributed by atoms with E-state index in [1.807, 2.05) is 13.8 Å². The normalized spacial score (nSPS) is 13.1. The van der Waals surface area contributed by atoms with Crippen LogP contribution in [0.4, 0.5) is 0 Å². The first-order valence-electron chi connectivity index (χ1n) is 12.3. The lowest BCUT2D eigenvalue weighted by Gasteiger charge is -2.29. The second kappa shape index (κ2) is 14.3. The van der Waals surface area contributed by atoms with Crippen molar-refractivity contribution in [3.05, 3.63) is 22.8 Å². The Balaban J connectivity index is 3.00. The summed E-state index contributed by atoms with van der Waals surface area (Å²) in [6.45, 7) is 15.7. The van der Waals surface area contributed by atoms with Gasteiger partial charge in [-0.25, -0.2) is 9.59 Å². The summed E-state index contributed by atoms with van der Waals surface area (Å²) in [6.07, 6.45) is -3.10. The number of esters is 4. The Morgan fingerprint density at radius 3 is 1.84 bits per heavy atom. The Hall–Kier alpha value is -3.63. The molecule has 212 valence electrons. The summed E-state index contributed by atoms with van der Waals surface area (Å²) in [7, 11) is 0. The summed E-state index contributed by atoms with van der Waals surface area (Å²) >= 11 is 0. The van der Waals surface area contributed by atoms with Crippen molar-refractivity contribution < 1.29 is 47.7 Å². The van der Waals surface area contributed by atoms with Gasteiger partial charge in [0, 0.05) is 26.8 Å². The van der Waals surface area contributed by atoms with E-state index in [0.717, 1.165) is 6.92 Å². The topological polar surface area (TPSA) is 135 Å². The van der Waals surface area contributed by atoms with Crippen LogP contribution in [0.15, 0.2) is 6.07 Å². The van der Waals surface area contributed by atoms with Crippen LogP contribution in [-0.4, -0.2) is 72.2 Å². The van der Waals surface area contributed by atoms with Gasteiger partial charge in [-0.15, -0.1) is 0 Å². The standard InChI is InChI=1S/C27H39NO10/c1-14(2)28(20(8)29)12-23(37-22(10)31)13-34-24-11-15(3)25(17(5)16(24)4)38-27(33)19(7)36-26(32)18(6)35-21(9)30/h11,14,18-19,23H,12-13H2,1-10H3. The lowest BCUT2D eigenvalue weighted by atomic mass is 10.0. The Morgan fingerprint density at radius 1 is 0.789 bits per heavy atom. The molecule has 11 nitrogen and oxygen atoms in total. The molecule has 0 N–H and O–H groups in total. The zero-order valence-corrected chi connectivity index (χ0v) is 23.8. The SMILES string of the molecule is CC(=O)OC(COc1cc(C)c(OC(=O)C(C)OC(=O)C(C)OC(C)=O)c(C)c1C)CN(C(C)=O)C(C)C. The maximum absolute atomic E-state index is 12.6. The molecule has 1 rings (SSSR count). The van der Waals surface area contributed by atoms with E-state index >= 15 is 0 Å². The Kier molecular flexibility index (Phi) is 12.2. The molecule has 0 saturated carbocycles. The van der Waals surface area contributed by atoms with E-state index in [1.54, 1.807) is 31.7 Å². The largest absolute Gasteiger partial charge is 0.489 e. The van der Waals surface area contributed by atoms with E-state index in [0.29, 0.717) is 22.4 Å². The summed E-state index contributed by atoms with van der Waals surface area (Å²) < 4.78 is 26.7. The van der Waals surface area contributed by atoms with Gasteiger partial charge in [-0.2, -0.15) is 0 Å². The Labute approximate surface area is 223 Å². The number of carbonyl (C=O) groups is 5. The molecule has 0 fully saturated rings. The van der Waals surface area contributed by atoms with Gasteiger partial charge in [0.25, 0.3) is 0 Å². The minimum Gasteiger partial charge on any atom is -0.489 e. The molecular formula is C27H39NO10.